The molecule has 3 saturated heterocycles. The molecule has 3 aliphatic heterocycles. The van der Waals surface area contributed by atoms with Crippen molar-refractivity contribution in [1.82, 2.24) is 73.1 Å². The number of carbonyl (C=O) groups excluding carboxylic acids is 11. The third-order valence-corrected chi connectivity index (χ3v) is 21.3. The van der Waals surface area contributed by atoms with E-state index in [1.807, 2.05) is 68.4 Å². The summed E-state index contributed by atoms with van der Waals surface area (Å²) in [6.45, 7) is 7.05. The van der Waals surface area contributed by atoms with Crippen LogP contribution in [0.25, 0.3) is 11.1 Å². The van der Waals surface area contributed by atoms with E-state index in [0.29, 0.717) is 28.7 Å². The second kappa shape index (κ2) is 43.6. The van der Waals surface area contributed by atoms with Gasteiger partial charge in [-0.25, -0.2) is 4.68 Å². The molecule has 0 bridgehead atoms. The van der Waals surface area contributed by atoms with Crippen molar-refractivity contribution in [3.8, 4) is 16.9 Å². The Morgan fingerprint density at radius 3 is 1.50 bits per heavy atom. The number of ether oxygens (including phenoxy) is 2. The van der Waals surface area contributed by atoms with E-state index >= 15 is 33.6 Å². The third-order valence-electron chi connectivity index (χ3n) is 21.3. The number of aliphatic hydroxyl groups excluding tert-OH is 2. The highest BCUT2D eigenvalue weighted by molar-refractivity contribution is 6.00. The lowest BCUT2D eigenvalue weighted by atomic mass is 9.96. The molecule has 0 aliphatic carbocycles. The van der Waals surface area contributed by atoms with Gasteiger partial charge in [-0.2, -0.15) is 0 Å². The van der Waals surface area contributed by atoms with Gasteiger partial charge in [0.15, 0.2) is 6.29 Å². The number of amides is 11. The van der Waals surface area contributed by atoms with Crippen molar-refractivity contribution in [3.05, 3.63) is 210 Å². The smallest absolute Gasteiger partial charge is 0.246 e. The fraction of sp³-hybridized carbons (Fsp3) is 0.437. The minimum absolute atomic E-state index is 0.0197. The predicted octanol–water partition coefficient (Wildman–Crippen LogP) is 1.49. The fourth-order valence-corrected chi connectivity index (χ4v) is 14.9. The van der Waals surface area contributed by atoms with Crippen molar-refractivity contribution in [1.29, 1.82) is 0 Å². The zero-order chi connectivity index (χ0) is 85.2. The molecular weight excluding hydrogens is 1530 g/mol. The lowest BCUT2D eigenvalue weighted by Crippen LogP contribution is -2.63. The Bertz CT molecular complexity index is 4550. The van der Waals surface area contributed by atoms with E-state index in [2.05, 4.69) is 63.5 Å². The first kappa shape index (κ1) is 89.5. The van der Waals surface area contributed by atoms with Crippen molar-refractivity contribution < 1.29 is 77.5 Å². The number of hydrogen-bond acceptors (Lipinski definition) is 20. The maximum absolute atomic E-state index is 15.6. The number of primary amides is 1. The van der Waals surface area contributed by atoms with Crippen LogP contribution >= 0.6 is 0 Å². The number of rotatable bonds is 26. The van der Waals surface area contributed by atoms with Crippen LogP contribution in [0.5, 0.6) is 5.75 Å². The van der Waals surface area contributed by atoms with E-state index in [1.54, 1.807) is 105 Å². The van der Waals surface area contributed by atoms with E-state index in [1.165, 1.54) is 47.2 Å². The summed E-state index contributed by atoms with van der Waals surface area (Å²) >= 11 is 0. The summed E-state index contributed by atoms with van der Waals surface area (Å²) in [5, 5.41) is 70.8. The van der Waals surface area contributed by atoms with Crippen LogP contribution in [0.3, 0.4) is 0 Å². The van der Waals surface area contributed by atoms with Crippen molar-refractivity contribution in [2.45, 2.75) is 209 Å². The first-order valence-corrected chi connectivity index (χ1v) is 40.4. The zero-order valence-electron chi connectivity index (χ0n) is 67.5. The lowest BCUT2D eigenvalue weighted by Gasteiger charge is -2.42. The molecule has 11 amide bonds. The van der Waals surface area contributed by atoms with Gasteiger partial charge in [-0.05, 0) is 108 Å². The average Bonchev–Trinajstić information content (AvgIpc) is 1.70. The molecule has 32 nitrogen and oxygen atoms in total. The van der Waals surface area contributed by atoms with E-state index in [4.69, 9.17) is 20.9 Å². The molecule has 634 valence electrons. The van der Waals surface area contributed by atoms with E-state index in [9.17, 15) is 34.5 Å². The number of phenolic OH excluding ortho intramolecular Hbond substituents is 1. The molecule has 10 rings (SSSR count). The maximum atomic E-state index is 15.6. The number of phenols is 1. The lowest BCUT2D eigenvalue weighted by molar-refractivity contribution is -0.260. The number of fused-ring (bicyclic) bond motifs is 1. The van der Waals surface area contributed by atoms with E-state index in [0.717, 1.165) is 16.7 Å². The van der Waals surface area contributed by atoms with Crippen LogP contribution in [0.15, 0.2) is 176 Å². The van der Waals surface area contributed by atoms with Gasteiger partial charge >= 0.3 is 0 Å². The van der Waals surface area contributed by atoms with Crippen LogP contribution in [-0.2, 0) is 107 Å². The zero-order valence-corrected chi connectivity index (χ0v) is 67.5. The Labute approximate surface area is 691 Å². The molecule has 119 heavy (non-hydrogen) atoms. The second-order valence-electron chi connectivity index (χ2n) is 31.3. The van der Waals surface area contributed by atoms with Gasteiger partial charge in [0.25, 0.3) is 0 Å². The minimum atomic E-state index is -1.77. The predicted molar refractivity (Wildman–Crippen MR) is 439 cm³/mol. The van der Waals surface area contributed by atoms with Gasteiger partial charge < -0.3 is 94.3 Å². The molecule has 15 atom stereocenters. The molecule has 0 spiro atoms. The van der Waals surface area contributed by atoms with Crippen molar-refractivity contribution >= 4 is 65.0 Å². The third kappa shape index (κ3) is 25.8. The number of nitrogens with one attached hydrogen (secondary N) is 10. The van der Waals surface area contributed by atoms with E-state index in [-0.39, 0.29) is 94.9 Å². The highest BCUT2D eigenvalue weighted by Crippen LogP contribution is 2.27. The van der Waals surface area contributed by atoms with Crippen LogP contribution in [0, 0.1) is 11.8 Å². The number of carbonyl (C=O) groups is 11. The Morgan fingerprint density at radius 1 is 0.529 bits per heavy atom. The SMILES string of the molecule is CO[C@@H]1O[C@H](Cn2cc(C[C@@H]3NC(=O)[C@@H](Cc4ccccc4)NC(=O)[C@H](Cc4ccccc4)NC(=O)[C@@H]4CCCN4C(=O)[C@@H](Cc4ccccc4)NC(=O)[C@H](CC(C)C)NC(=O)[C@H](CCCN)NC(=O)[C@H](C(C)C)NC(=O)[C@H](Cc4ccc(O)cc4)NC(=O)[C@H](CCC(N)=O)NC3=O)nn2)[C@@H](O)[C@H](O)[C@H]1NCc1ccc(-c2ccccc2)cc1. The monoisotopic (exact) mass is 1630 g/mol. The summed E-state index contributed by atoms with van der Waals surface area (Å²) < 4.78 is 13.3. The maximum Gasteiger partial charge on any atom is 0.246 e. The Morgan fingerprint density at radius 2 is 0.975 bits per heavy atom. The summed E-state index contributed by atoms with van der Waals surface area (Å²) in [6.07, 6.45) is -5.51. The normalized spacial score (nSPS) is 25.1. The Hall–Kier alpha value is -11.8. The van der Waals surface area contributed by atoms with Crippen LogP contribution in [0.1, 0.15) is 106 Å². The fourth-order valence-electron chi connectivity index (χ4n) is 14.9. The van der Waals surface area contributed by atoms with Crippen LogP contribution < -0.4 is 64.6 Å². The van der Waals surface area contributed by atoms with E-state index < -0.39 is 181 Å². The highest BCUT2D eigenvalue weighted by Gasteiger charge is 2.46. The Kier molecular flexibility index (Phi) is 32.8. The molecule has 17 N–H and O–H groups in total. The molecule has 7 aromatic rings. The van der Waals surface area contributed by atoms with Gasteiger partial charge in [-0.1, -0.05) is 191 Å². The summed E-state index contributed by atoms with van der Waals surface area (Å²) in [7, 11) is 1.39. The Balaban J connectivity index is 1.01. The minimum Gasteiger partial charge on any atom is -0.508 e. The number of nitrogens with two attached hydrogens (primary N) is 2. The summed E-state index contributed by atoms with van der Waals surface area (Å²) in [5.41, 5.74) is 16.8. The van der Waals surface area contributed by atoms with Gasteiger partial charge in [0.2, 0.25) is 65.0 Å². The van der Waals surface area contributed by atoms with Crippen LogP contribution in [0.4, 0.5) is 0 Å². The molecule has 32 heteroatoms. The standard InChI is InChI=1S/C87H110N16O16/c1-51(2)42-64-79(110)98-69(46-55-24-14-8-15-25-55)86(117)103-41-19-29-70(103)84(115)97-66(44-54-22-12-7-13-23-54)81(112)95-65(43-53-20-10-6-11-21-53)80(111)96-68(47-60-49-102(101-100-60)50-71-75(106)76(107)74(87(118-5)119-71)90-48-57-30-34-59(35-31-57)58-26-16-9-17-27-58)82(113)91-63(38-39-72(89)105)78(109)94-67(45-56-32-36-61(104)37-33-56)83(114)99-73(52(3)4)85(116)92-62(28-18-40-88)77(108)93-64/h6-17,20-27,30-37,49,51-52,62-71,73-76,87,90,104,106-107H,18-19,28-29,38-48,50,88H2,1-5H3,(H2,89,105)(H,91,113)(H,92,116)(H,93,108)(H,94,109)(H,95,112)(H,96,111)(H,97,115)(H,98,110)(H,99,114)/t62-,63-,64-,65+,66-,67-,68-,69+,70-,71+,73-,74+,75+,76+,87+/m0/s1. The summed E-state index contributed by atoms with van der Waals surface area (Å²) in [6, 6.07) is 33.7. The molecule has 3 aliphatic rings. The van der Waals surface area contributed by atoms with Gasteiger partial charge in [-0.15, -0.1) is 5.10 Å². The molecule has 0 saturated carbocycles. The van der Waals surface area contributed by atoms with Crippen molar-refractivity contribution in [2.24, 2.45) is 23.3 Å². The number of benzene rings is 6. The number of nitrogens with zero attached hydrogens (tertiary/aromatic N) is 4. The van der Waals surface area contributed by atoms with Crippen molar-refractivity contribution in [3.63, 3.8) is 0 Å². The largest absolute Gasteiger partial charge is 0.508 e. The average molecular weight is 1640 g/mol. The van der Waals surface area contributed by atoms with Crippen LogP contribution in [0.2, 0.25) is 0 Å². The van der Waals surface area contributed by atoms with Gasteiger partial charge in [0.05, 0.1) is 18.3 Å². The summed E-state index contributed by atoms with van der Waals surface area (Å²) in [5.74, 6) is -10.7. The van der Waals surface area contributed by atoms with Crippen LogP contribution in [-0.4, -0.2) is 211 Å². The number of aliphatic hydroxyl groups is 2. The molecule has 6 aromatic carbocycles. The topological polar surface area (TPSA) is 473 Å². The molecular formula is C87H110N16O16. The van der Waals surface area contributed by atoms with Crippen molar-refractivity contribution in [2.75, 3.05) is 20.2 Å². The second-order valence-corrected chi connectivity index (χ2v) is 31.3. The summed E-state index contributed by atoms with van der Waals surface area (Å²) in [4.78, 5) is 166. The molecule has 0 unspecified atom stereocenters. The number of aromatic hydroxyl groups is 1. The van der Waals surface area contributed by atoms with Gasteiger partial charge in [-0.3, -0.25) is 52.7 Å². The number of methoxy groups -OCH3 is 1. The molecule has 4 heterocycles. The van der Waals surface area contributed by atoms with Gasteiger partial charge in [0, 0.05) is 64.9 Å². The number of hydrogen-bond donors (Lipinski definition) is 15. The van der Waals surface area contributed by atoms with Gasteiger partial charge in [0.1, 0.15) is 84.5 Å². The number of aromatic nitrogens is 3. The first-order chi connectivity index (χ1) is 57.2. The quantitative estimate of drug-likeness (QED) is 0.0365. The molecule has 0 radical (unpaired) electrons. The molecule has 3 fully saturated rings. The highest BCUT2D eigenvalue weighted by atomic mass is 16.7. The first-order valence-electron chi connectivity index (χ1n) is 40.4. The molecule has 1 aromatic heterocycles.